The molecule has 2 saturated heterocycles. The van der Waals surface area contributed by atoms with Crippen LogP contribution in [0, 0.1) is 12.7 Å². The van der Waals surface area contributed by atoms with Gasteiger partial charge in [0.25, 0.3) is 0 Å². The topological polar surface area (TPSA) is 73.9 Å². The molecule has 3 rings (SSSR count). The number of rotatable bonds is 6. The third-order valence-electron chi connectivity index (χ3n) is 6.06. The molecule has 0 aliphatic carbocycles. The highest BCUT2D eigenvalue weighted by Gasteiger charge is 2.31. The SMILES string of the molecule is CC(=O)N1CCCC(N(CCNC(=O)Nc2ccc(C)c(F)c2)C2CCOCC2)C1. The van der Waals surface area contributed by atoms with Gasteiger partial charge in [-0.15, -0.1) is 0 Å². The van der Waals surface area contributed by atoms with Crippen LogP contribution in [-0.4, -0.2) is 73.2 Å². The molecule has 1 aromatic rings. The summed E-state index contributed by atoms with van der Waals surface area (Å²) in [5, 5.41) is 5.57. The molecular weight excluding hydrogens is 387 g/mol. The van der Waals surface area contributed by atoms with E-state index in [2.05, 4.69) is 15.5 Å². The number of aryl methyl sites for hydroxylation is 1. The first-order valence-electron chi connectivity index (χ1n) is 10.8. The molecule has 8 heteroatoms. The molecule has 1 aromatic carbocycles. The van der Waals surface area contributed by atoms with Crippen molar-refractivity contribution in [3.8, 4) is 0 Å². The van der Waals surface area contributed by atoms with Gasteiger partial charge in [-0.1, -0.05) is 6.07 Å². The minimum absolute atomic E-state index is 0.120. The maximum Gasteiger partial charge on any atom is 0.319 e. The van der Waals surface area contributed by atoms with Gasteiger partial charge < -0.3 is 20.3 Å². The summed E-state index contributed by atoms with van der Waals surface area (Å²) in [7, 11) is 0. The largest absolute Gasteiger partial charge is 0.381 e. The van der Waals surface area contributed by atoms with E-state index in [0.29, 0.717) is 36.4 Å². The molecule has 166 valence electrons. The van der Waals surface area contributed by atoms with Crippen molar-refractivity contribution in [3.05, 3.63) is 29.6 Å². The molecule has 2 fully saturated rings. The quantitative estimate of drug-likeness (QED) is 0.742. The lowest BCUT2D eigenvalue weighted by molar-refractivity contribution is -0.131. The van der Waals surface area contributed by atoms with Crippen LogP contribution < -0.4 is 10.6 Å². The number of carbonyl (C=O) groups excluding carboxylic acids is 2. The summed E-state index contributed by atoms with van der Waals surface area (Å²) < 4.78 is 19.2. The van der Waals surface area contributed by atoms with E-state index < -0.39 is 0 Å². The summed E-state index contributed by atoms with van der Waals surface area (Å²) in [5.74, 6) is -0.222. The Bertz CT molecular complexity index is 739. The van der Waals surface area contributed by atoms with Crippen LogP contribution in [0.25, 0.3) is 0 Å². The first-order chi connectivity index (χ1) is 14.4. The number of carbonyl (C=O) groups is 2. The maximum absolute atomic E-state index is 13.7. The number of ether oxygens (including phenoxy) is 1. The molecule has 0 bridgehead atoms. The van der Waals surface area contributed by atoms with Crippen molar-refractivity contribution in [2.45, 2.75) is 51.6 Å². The first kappa shape index (κ1) is 22.5. The zero-order valence-corrected chi connectivity index (χ0v) is 18.0. The Morgan fingerprint density at radius 2 is 2.00 bits per heavy atom. The maximum atomic E-state index is 13.7. The molecule has 2 heterocycles. The molecule has 7 nitrogen and oxygen atoms in total. The van der Waals surface area contributed by atoms with Crippen LogP contribution in [0.4, 0.5) is 14.9 Å². The molecule has 3 amide bonds. The van der Waals surface area contributed by atoms with E-state index in [1.807, 2.05) is 4.90 Å². The third-order valence-corrected chi connectivity index (χ3v) is 6.06. The van der Waals surface area contributed by atoms with Gasteiger partial charge in [0.05, 0.1) is 0 Å². The van der Waals surface area contributed by atoms with Crippen molar-refractivity contribution in [1.82, 2.24) is 15.1 Å². The Labute approximate surface area is 177 Å². The van der Waals surface area contributed by atoms with Crippen LogP contribution >= 0.6 is 0 Å². The van der Waals surface area contributed by atoms with Gasteiger partial charge in [0.2, 0.25) is 5.91 Å². The number of hydrogen-bond acceptors (Lipinski definition) is 4. The fraction of sp³-hybridized carbons (Fsp3) is 0.636. The van der Waals surface area contributed by atoms with Crippen molar-refractivity contribution in [3.63, 3.8) is 0 Å². The molecule has 0 saturated carbocycles. The normalized spacial score (nSPS) is 20.3. The summed E-state index contributed by atoms with van der Waals surface area (Å²) in [5.41, 5.74) is 0.974. The second-order valence-corrected chi connectivity index (χ2v) is 8.19. The minimum atomic E-state index is -0.348. The fourth-order valence-corrected chi connectivity index (χ4v) is 4.34. The van der Waals surface area contributed by atoms with Crippen molar-refractivity contribution in [2.24, 2.45) is 0 Å². The van der Waals surface area contributed by atoms with Crippen LogP contribution in [0.5, 0.6) is 0 Å². The van der Waals surface area contributed by atoms with E-state index in [9.17, 15) is 14.0 Å². The summed E-state index contributed by atoms with van der Waals surface area (Å²) >= 11 is 0. The van der Waals surface area contributed by atoms with Gasteiger partial charge in [-0.25, -0.2) is 9.18 Å². The van der Waals surface area contributed by atoms with Crippen molar-refractivity contribution in [2.75, 3.05) is 44.7 Å². The molecule has 0 aromatic heterocycles. The highest BCUT2D eigenvalue weighted by atomic mass is 19.1. The van der Waals surface area contributed by atoms with Gasteiger partial charge in [0.15, 0.2) is 0 Å². The molecule has 30 heavy (non-hydrogen) atoms. The van der Waals surface area contributed by atoms with E-state index in [4.69, 9.17) is 4.74 Å². The van der Waals surface area contributed by atoms with Gasteiger partial charge in [-0.2, -0.15) is 0 Å². The molecule has 2 N–H and O–H groups in total. The van der Waals surface area contributed by atoms with E-state index in [-0.39, 0.29) is 17.8 Å². The number of amides is 3. The average Bonchev–Trinajstić information content (AvgIpc) is 2.74. The van der Waals surface area contributed by atoms with Gasteiger partial charge in [-0.3, -0.25) is 9.69 Å². The number of nitrogens with one attached hydrogen (secondary N) is 2. The van der Waals surface area contributed by atoms with E-state index in [1.54, 1.807) is 26.0 Å². The number of urea groups is 1. The Morgan fingerprint density at radius 3 is 2.70 bits per heavy atom. The van der Waals surface area contributed by atoms with E-state index in [1.165, 1.54) is 6.07 Å². The zero-order valence-electron chi connectivity index (χ0n) is 18.0. The standard InChI is InChI=1S/C22H33FN4O3/c1-16-5-6-18(14-21(16)23)25-22(29)24-9-11-27(19-7-12-30-13-8-19)20-4-3-10-26(15-20)17(2)28/h5-6,14,19-20H,3-4,7-13,15H2,1-2H3,(H2,24,25,29). The predicted octanol–water partition coefficient (Wildman–Crippen LogP) is 2.75. The summed E-state index contributed by atoms with van der Waals surface area (Å²) in [6.07, 6.45) is 3.98. The summed E-state index contributed by atoms with van der Waals surface area (Å²) in [4.78, 5) is 28.5. The number of anilines is 1. The van der Waals surface area contributed by atoms with Gasteiger partial charge in [0.1, 0.15) is 5.82 Å². The molecule has 1 atom stereocenters. The Kier molecular flexibility index (Phi) is 8.04. The number of hydrogen-bond donors (Lipinski definition) is 2. The Balaban J connectivity index is 1.55. The summed E-state index contributed by atoms with van der Waals surface area (Å²) in [6, 6.07) is 4.99. The third kappa shape index (κ3) is 6.15. The lowest BCUT2D eigenvalue weighted by atomic mass is 9.98. The number of nitrogens with zero attached hydrogens (tertiary/aromatic N) is 2. The highest BCUT2D eigenvalue weighted by molar-refractivity contribution is 5.89. The van der Waals surface area contributed by atoms with Gasteiger partial charge in [0, 0.05) is 64.1 Å². The Morgan fingerprint density at radius 1 is 1.23 bits per heavy atom. The van der Waals surface area contributed by atoms with Crippen LogP contribution in [0.1, 0.15) is 38.2 Å². The number of likely N-dealkylation sites (tertiary alicyclic amines) is 1. The Hall–Kier alpha value is -2.19. The summed E-state index contributed by atoms with van der Waals surface area (Å²) in [6.45, 7) is 7.55. The second kappa shape index (κ2) is 10.7. The zero-order chi connectivity index (χ0) is 21.5. The van der Waals surface area contributed by atoms with Crippen molar-refractivity contribution in [1.29, 1.82) is 0 Å². The van der Waals surface area contributed by atoms with E-state index in [0.717, 1.165) is 52.0 Å². The van der Waals surface area contributed by atoms with Crippen molar-refractivity contribution < 1.29 is 18.7 Å². The minimum Gasteiger partial charge on any atom is -0.381 e. The molecule has 0 spiro atoms. The molecule has 2 aliphatic heterocycles. The number of benzene rings is 1. The molecule has 2 aliphatic rings. The van der Waals surface area contributed by atoms with E-state index >= 15 is 0 Å². The lowest BCUT2D eigenvalue weighted by Gasteiger charge is -2.44. The second-order valence-electron chi connectivity index (χ2n) is 8.19. The number of piperidine rings is 1. The fourth-order valence-electron chi connectivity index (χ4n) is 4.34. The smallest absolute Gasteiger partial charge is 0.319 e. The van der Waals surface area contributed by atoms with Crippen molar-refractivity contribution >= 4 is 17.6 Å². The van der Waals surface area contributed by atoms with Gasteiger partial charge >= 0.3 is 6.03 Å². The monoisotopic (exact) mass is 420 g/mol. The first-order valence-corrected chi connectivity index (χ1v) is 10.8. The van der Waals surface area contributed by atoms with Gasteiger partial charge in [-0.05, 0) is 50.3 Å². The van der Waals surface area contributed by atoms with Crippen LogP contribution in [-0.2, 0) is 9.53 Å². The predicted molar refractivity (Wildman–Crippen MR) is 114 cm³/mol. The number of halogens is 1. The average molecular weight is 421 g/mol. The highest BCUT2D eigenvalue weighted by Crippen LogP contribution is 2.23. The van der Waals surface area contributed by atoms with Crippen LogP contribution in [0.3, 0.4) is 0 Å². The lowest BCUT2D eigenvalue weighted by Crippen LogP contribution is -2.55. The van der Waals surface area contributed by atoms with Crippen LogP contribution in [0.2, 0.25) is 0 Å². The molecule has 0 radical (unpaired) electrons. The molecular formula is C22H33FN4O3. The molecule has 1 unspecified atom stereocenters. The van der Waals surface area contributed by atoms with Crippen LogP contribution in [0.15, 0.2) is 18.2 Å².